The largest absolute Gasteiger partial charge is 0.398 e. The number of amides is 1. The van der Waals surface area contributed by atoms with E-state index in [1.54, 1.807) is 12.3 Å². The first-order valence-electron chi connectivity index (χ1n) is 6.52. The Balaban J connectivity index is 2.76. The molecule has 0 aromatic carbocycles. The molecule has 0 aliphatic heterocycles. The van der Waals surface area contributed by atoms with Gasteiger partial charge in [0, 0.05) is 23.6 Å². The second-order valence-corrected chi connectivity index (χ2v) is 4.75. The van der Waals surface area contributed by atoms with Crippen molar-refractivity contribution in [1.82, 2.24) is 10.3 Å². The van der Waals surface area contributed by atoms with E-state index in [1.165, 1.54) is 0 Å². The van der Waals surface area contributed by atoms with Crippen molar-refractivity contribution in [2.75, 3.05) is 5.73 Å². The van der Waals surface area contributed by atoms with E-state index < -0.39 is 0 Å². The number of hydrogen-bond donors (Lipinski definition) is 2. The molecule has 0 saturated carbocycles. The third-order valence-corrected chi connectivity index (χ3v) is 3.43. The van der Waals surface area contributed by atoms with Crippen LogP contribution in [0.25, 0.3) is 0 Å². The second kappa shape index (κ2) is 6.38. The van der Waals surface area contributed by atoms with Crippen LogP contribution in [-0.2, 0) is 0 Å². The molecule has 18 heavy (non-hydrogen) atoms. The molecule has 100 valence electrons. The fraction of sp³-hybridized carbons (Fsp3) is 0.571. The second-order valence-electron chi connectivity index (χ2n) is 4.75. The van der Waals surface area contributed by atoms with Gasteiger partial charge in [0.2, 0.25) is 0 Å². The maximum Gasteiger partial charge on any atom is 0.255 e. The molecule has 1 unspecified atom stereocenters. The van der Waals surface area contributed by atoms with Crippen LogP contribution < -0.4 is 11.1 Å². The molecule has 1 aromatic heterocycles. The number of aromatic nitrogens is 1. The molecular weight excluding hydrogens is 226 g/mol. The normalized spacial score (nSPS) is 12.5. The summed E-state index contributed by atoms with van der Waals surface area (Å²) in [6.45, 7) is 8.16. The van der Waals surface area contributed by atoms with E-state index in [0.29, 0.717) is 17.2 Å². The van der Waals surface area contributed by atoms with Gasteiger partial charge in [0.1, 0.15) is 0 Å². The minimum absolute atomic E-state index is 0.139. The number of aryl methyl sites for hydroxylation is 1. The number of nitrogens with one attached hydrogen (secondary N) is 1. The summed E-state index contributed by atoms with van der Waals surface area (Å²) < 4.78 is 0. The number of hydrogen-bond acceptors (Lipinski definition) is 3. The summed E-state index contributed by atoms with van der Waals surface area (Å²) in [6.07, 6.45) is 3.65. The number of pyridine rings is 1. The lowest BCUT2D eigenvalue weighted by Gasteiger charge is -2.22. The molecule has 0 fully saturated rings. The molecule has 4 heteroatoms. The first-order valence-corrected chi connectivity index (χ1v) is 6.52. The predicted octanol–water partition coefficient (Wildman–Crippen LogP) is 2.53. The summed E-state index contributed by atoms with van der Waals surface area (Å²) in [6, 6.07) is 1.87. The van der Waals surface area contributed by atoms with Crippen LogP contribution in [0.3, 0.4) is 0 Å². The molecule has 4 nitrogen and oxygen atoms in total. The fourth-order valence-electron chi connectivity index (χ4n) is 2.17. The summed E-state index contributed by atoms with van der Waals surface area (Å²) in [5.74, 6) is 0.355. The Morgan fingerprint density at radius 3 is 2.56 bits per heavy atom. The lowest BCUT2D eigenvalue weighted by molar-refractivity contribution is 0.0926. The van der Waals surface area contributed by atoms with Crippen LogP contribution >= 0.6 is 0 Å². The van der Waals surface area contributed by atoms with Gasteiger partial charge in [-0.1, -0.05) is 26.7 Å². The van der Waals surface area contributed by atoms with Gasteiger partial charge in [0.05, 0.1) is 5.56 Å². The standard InChI is InChI=1S/C14H23N3O/c1-5-11(6-2)10(4)17-14(18)12-8-16-9(3)7-13(12)15/h7-8,10-11H,5-6H2,1-4H3,(H2,15,16)(H,17,18). The minimum atomic E-state index is -0.139. The third kappa shape index (κ3) is 3.45. The number of nitrogen functional groups attached to an aromatic ring is 1. The molecule has 0 saturated heterocycles. The number of carbonyl (C=O) groups is 1. The third-order valence-electron chi connectivity index (χ3n) is 3.43. The quantitative estimate of drug-likeness (QED) is 0.842. The Hall–Kier alpha value is -1.58. The van der Waals surface area contributed by atoms with E-state index >= 15 is 0 Å². The number of rotatable bonds is 5. The summed E-state index contributed by atoms with van der Waals surface area (Å²) in [4.78, 5) is 16.2. The van der Waals surface area contributed by atoms with Crippen molar-refractivity contribution in [1.29, 1.82) is 0 Å². The average molecular weight is 249 g/mol. The van der Waals surface area contributed by atoms with Gasteiger partial charge in [-0.2, -0.15) is 0 Å². The predicted molar refractivity (Wildman–Crippen MR) is 74.4 cm³/mol. The Morgan fingerprint density at radius 1 is 1.44 bits per heavy atom. The van der Waals surface area contributed by atoms with Crippen LogP contribution in [0, 0.1) is 12.8 Å². The Bertz CT molecular complexity index is 414. The molecule has 0 bridgehead atoms. The van der Waals surface area contributed by atoms with Crippen molar-refractivity contribution >= 4 is 11.6 Å². The number of carbonyl (C=O) groups excluding carboxylic acids is 1. The number of anilines is 1. The highest BCUT2D eigenvalue weighted by atomic mass is 16.1. The highest BCUT2D eigenvalue weighted by molar-refractivity contribution is 5.98. The van der Waals surface area contributed by atoms with Crippen molar-refractivity contribution in [3.63, 3.8) is 0 Å². The average Bonchev–Trinajstić information content (AvgIpc) is 2.30. The summed E-state index contributed by atoms with van der Waals surface area (Å²) in [7, 11) is 0. The zero-order valence-electron chi connectivity index (χ0n) is 11.7. The van der Waals surface area contributed by atoms with Crippen LogP contribution in [0.1, 0.15) is 49.7 Å². The van der Waals surface area contributed by atoms with Gasteiger partial charge < -0.3 is 11.1 Å². The van der Waals surface area contributed by atoms with Crippen molar-refractivity contribution < 1.29 is 4.79 Å². The van der Waals surface area contributed by atoms with Gasteiger partial charge in [-0.15, -0.1) is 0 Å². The Kier molecular flexibility index (Phi) is 5.13. The molecule has 0 aliphatic rings. The number of nitrogens with two attached hydrogens (primary N) is 1. The van der Waals surface area contributed by atoms with Crippen LogP contribution in [0.5, 0.6) is 0 Å². The first kappa shape index (κ1) is 14.5. The molecule has 3 N–H and O–H groups in total. The summed E-state index contributed by atoms with van der Waals surface area (Å²) in [5, 5.41) is 3.00. The van der Waals surface area contributed by atoms with Gasteiger partial charge in [-0.3, -0.25) is 9.78 Å². The van der Waals surface area contributed by atoms with E-state index in [9.17, 15) is 4.79 Å². The summed E-state index contributed by atoms with van der Waals surface area (Å²) in [5.41, 5.74) is 7.60. The number of nitrogens with zero attached hydrogens (tertiary/aromatic N) is 1. The molecule has 1 atom stereocenters. The van der Waals surface area contributed by atoms with Crippen molar-refractivity contribution in [2.45, 2.75) is 46.6 Å². The Morgan fingerprint density at radius 2 is 2.06 bits per heavy atom. The Labute approximate surface area is 109 Å². The van der Waals surface area contributed by atoms with Gasteiger partial charge in [0.15, 0.2) is 0 Å². The highest BCUT2D eigenvalue weighted by Crippen LogP contribution is 2.15. The smallest absolute Gasteiger partial charge is 0.255 e. The van der Waals surface area contributed by atoms with E-state index in [1.807, 2.05) is 13.8 Å². The van der Waals surface area contributed by atoms with Gasteiger partial charge >= 0.3 is 0 Å². The maximum atomic E-state index is 12.1. The lowest BCUT2D eigenvalue weighted by atomic mass is 9.95. The van der Waals surface area contributed by atoms with Gasteiger partial charge in [-0.25, -0.2) is 0 Å². The molecule has 1 aromatic rings. The fourth-order valence-corrected chi connectivity index (χ4v) is 2.17. The molecule has 0 aliphatic carbocycles. The zero-order chi connectivity index (χ0) is 13.7. The van der Waals surface area contributed by atoms with Gasteiger partial charge in [-0.05, 0) is 25.8 Å². The molecule has 1 amide bonds. The van der Waals surface area contributed by atoms with Crippen LogP contribution in [0.15, 0.2) is 12.3 Å². The van der Waals surface area contributed by atoms with Crippen LogP contribution in [0.4, 0.5) is 5.69 Å². The van der Waals surface area contributed by atoms with Crippen molar-refractivity contribution in [3.05, 3.63) is 23.5 Å². The minimum Gasteiger partial charge on any atom is -0.398 e. The van der Waals surface area contributed by atoms with Crippen LogP contribution in [0.2, 0.25) is 0 Å². The summed E-state index contributed by atoms with van der Waals surface area (Å²) >= 11 is 0. The highest BCUT2D eigenvalue weighted by Gasteiger charge is 2.18. The first-order chi connectivity index (χ1) is 8.49. The van der Waals surface area contributed by atoms with E-state index in [2.05, 4.69) is 24.1 Å². The maximum absolute atomic E-state index is 12.1. The van der Waals surface area contributed by atoms with Crippen LogP contribution in [-0.4, -0.2) is 16.9 Å². The zero-order valence-corrected chi connectivity index (χ0v) is 11.7. The molecular formula is C14H23N3O. The lowest BCUT2D eigenvalue weighted by Crippen LogP contribution is -2.38. The molecule has 0 radical (unpaired) electrons. The monoisotopic (exact) mass is 249 g/mol. The van der Waals surface area contributed by atoms with E-state index in [4.69, 9.17) is 5.73 Å². The SMILES string of the molecule is CCC(CC)C(C)NC(=O)c1cnc(C)cc1N. The van der Waals surface area contributed by atoms with Crippen molar-refractivity contribution in [2.24, 2.45) is 5.92 Å². The molecule has 1 rings (SSSR count). The topological polar surface area (TPSA) is 68.0 Å². The van der Waals surface area contributed by atoms with E-state index in [0.717, 1.165) is 18.5 Å². The molecule has 1 heterocycles. The molecule has 0 spiro atoms. The van der Waals surface area contributed by atoms with Gasteiger partial charge in [0.25, 0.3) is 5.91 Å². The van der Waals surface area contributed by atoms with Crippen molar-refractivity contribution in [3.8, 4) is 0 Å². The van der Waals surface area contributed by atoms with E-state index in [-0.39, 0.29) is 11.9 Å².